The second-order valence-electron chi connectivity index (χ2n) is 6.82. The molecule has 156 valence electrons. The van der Waals surface area contributed by atoms with Gasteiger partial charge in [0.25, 0.3) is 5.91 Å². The summed E-state index contributed by atoms with van der Waals surface area (Å²) in [6, 6.07) is 12.3. The van der Waals surface area contributed by atoms with Crippen molar-refractivity contribution >= 4 is 31.9 Å². The Morgan fingerprint density at radius 3 is 2.43 bits per heavy atom. The Morgan fingerprint density at radius 2 is 1.77 bits per heavy atom. The molecule has 0 saturated carbocycles. The first-order chi connectivity index (χ1) is 14.4. The summed E-state index contributed by atoms with van der Waals surface area (Å²) in [5, 5.41) is 6.75. The minimum atomic E-state index is -3.63. The second kappa shape index (κ2) is 8.29. The summed E-state index contributed by atoms with van der Waals surface area (Å²) in [7, 11) is -3.63. The Hall–Kier alpha value is -2.56. The first-order valence-corrected chi connectivity index (χ1v) is 11.4. The van der Waals surface area contributed by atoms with Gasteiger partial charge in [-0.2, -0.15) is 9.40 Å². The highest BCUT2D eigenvalue weighted by Gasteiger charge is 2.31. The number of hydrogen-bond donors (Lipinski definition) is 1. The zero-order valence-corrected chi connectivity index (χ0v) is 18.2. The van der Waals surface area contributed by atoms with Gasteiger partial charge in [0.2, 0.25) is 10.0 Å². The number of nitrogens with zero attached hydrogens (tertiary/aromatic N) is 3. The summed E-state index contributed by atoms with van der Waals surface area (Å²) < 4.78 is 41.0. The van der Waals surface area contributed by atoms with Crippen LogP contribution in [0.2, 0.25) is 0 Å². The van der Waals surface area contributed by atoms with Crippen LogP contribution in [-0.2, 0) is 10.0 Å². The Kier molecular flexibility index (Phi) is 5.72. The van der Waals surface area contributed by atoms with Crippen LogP contribution in [-0.4, -0.2) is 59.9 Å². The molecule has 10 heteroatoms. The highest BCUT2D eigenvalue weighted by atomic mass is 79.9. The van der Waals surface area contributed by atoms with E-state index < -0.39 is 10.0 Å². The maximum atomic E-state index is 13.2. The van der Waals surface area contributed by atoms with Crippen LogP contribution in [0.25, 0.3) is 11.3 Å². The number of rotatable bonds is 4. The van der Waals surface area contributed by atoms with E-state index in [4.69, 9.17) is 0 Å². The standard InChI is InChI=1S/C20H18BrFN4O3S/c21-15-2-1-3-17(12-15)30(28,29)26-10-8-25(9-11-26)20(27)18-13-23-24-19(18)14-4-6-16(22)7-5-14/h1-7,12-13H,8-11H2,(H,23,24). The van der Waals surface area contributed by atoms with Gasteiger partial charge >= 0.3 is 0 Å². The highest BCUT2D eigenvalue weighted by molar-refractivity contribution is 9.10. The van der Waals surface area contributed by atoms with Gasteiger partial charge in [0, 0.05) is 36.2 Å². The Morgan fingerprint density at radius 1 is 1.07 bits per heavy atom. The molecule has 0 radical (unpaired) electrons. The van der Waals surface area contributed by atoms with Crippen molar-refractivity contribution in [3.63, 3.8) is 0 Å². The van der Waals surface area contributed by atoms with Gasteiger partial charge in [0.15, 0.2) is 0 Å². The molecule has 1 amide bonds. The number of benzene rings is 2. The van der Waals surface area contributed by atoms with Gasteiger partial charge < -0.3 is 4.90 Å². The fourth-order valence-electron chi connectivity index (χ4n) is 3.36. The number of amides is 1. The molecule has 3 aromatic rings. The van der Waals surface area contributed by atoms with E-state index in [2.05, 4.69) is 26.1 Å². The molecule has 4 rings (SSSR count). The van der Waals surface area contributed by atoms with Crippen LogP contribution in [0.15, 0.2) is 64.1 Å². The fraction of sp³-hybridized carbons (Fsp3) is 0.200. The summed E-state index contributed by atoms with van der Waals surface area (Å²) in [6.07, 6.45) is 1.44. The normalized spacial score (nSPS) is 15.3. The Balaban J connectivity index is 1.48. The van der Waals surface area contributed by atoms with E-state index >= 15 is 0 Å². The number of halogens is 2. The lowest BCUT2D eigenvalue weighted by molar-refractivity contribution is 0.0698. The number of aromatic nitrogens is 2. The van der Waals surface area contributed by atoms with Gasteiger partial charge in [0.1, 0.15) is 5.82 Å². The van der Waals surface area contributed by atoms with E-state index in [0.29, 0.717) is 21.3 Å². The summed E-state index contributed by atoms with van der Waals surface area (Å²) in [5.74, 6) is -0.614. The molecule has 1 aliphatic heterocycles. The number of H-pyrrole nitrogens is 1. The number of nitrogens with one attached hydrogen (secondary N) is 1. The van der Waals surface area contributed by atoms with Crippen molar-refractivity contribution < 1.29 is 17.6 Å². The zero-order valence-electron chi connectivity index (χ0n) is 15.8. The van der Waals surface area contributed by atoms with Crippen molar-refractivity contribution in [2.24, 2.45) is 0 Å². The van der Waals surface area contributed by atoms with Crippen molar-refractivity contribution in [2.45, 2.75) is 4.90 Å². The molecular formula is C20H18BrFN4O3S. The first-order valence-electron chi connectivity index (χ1n) is 9.20. The topological polar surface area (TPSA) is 86.4 Å². The molecule has 30 heavy (non-hydrogen) atoms. The first kappa shape index (κ1) is 20.7. The molecule has 1 aromatic heterocycles. The van der Waals surface area contributed by atoms with Crippen LogP contribution in [0.3, 0.4) is 0 Å². The quantitative estimate of drug-likeness (QED) is 0.606. The van der Waals surface area contributed by atoms with Crippen LogP contribution in [0.5, 0.6) is 0 Å². The van der Waals surface area contributed by atoms with E-state index in [1.54, 1.807) is 41.3 Å². The molecular weight excluding hydrogens is 475 g/mol. The monoisotopic (exact) mass is 492 g/mol. The van der Waals surface area contributed by atoms with E-state index in [0.717, 1.165) is 0 Å². The van der Waals surface area contributed by atoms with E-state index in [-0.39, 0.29) is 42.8 Å². The molecule has 2 heterocycles. The van der Waals surface area contributed by atoms with Gasteiger partial charge in [-0.15, -0.1) is 0 Å². The number of sulfonamides is 1. The van der Waals surface area contributed by atoms with Crippen LogP contribution >= 0.6 is 15.9 Å². The van der Waals surface area contributed by atoms with Gasteiger partial charge in [-0.1, -0.05) is 22.0 Å². The number of carbonyl (C=O) groups excluding carboxylic acids is 1. The smallest absolute Gasteiger partial charge is 0.257 e. The molecule has 1 saturated heterocycles. The maximum absolute atomic E-state index is 13.2. The third-order valence-electron chi connectivity index (χ3n) is 4.96. The Labute approximate surface area is 181 Å². The SMILES string of the molecule is O=C(c1cn[nH]c1-c1ccc(F)cc1)N1CCN(S(=O)(=O)c2cccc(Br)c2)CC1. The summed E-state index contributed by atoms with van der Waals surface area (Å²) in [5.41, 5.74) is 1.52. The van der Waals surface area contributed by atoms with Crippen LogP contribution < -0.4 is 0 Å². The van der Waals surface area contributed by atoms with Crippen molar-refractivity contribution in [1.82, 2.24) is 19.4 Å². The van der Waals surface area contributed by atoms with Crippen molar-refractivity contribution in [3.8, 4) is 11.3 Å². The summed E-state index contributed by atoms with van der Waals surface area (Å²) >= 11 is 3.29. The molecule has 1 fully saturated rings. The zero-order chi connectivity index (χ0) is 21.3. The Bertz CT molecular complexity index is 1170. The van der Waals surface area contributed by atoms with E-state index in [9.17, 15) is 17.6 Å². The van der Waals surface area contributed by atoms with Crippen LogP contribution in [0.1, 0.15) is 10.4 Å². The lowest BCUT2D eigenvalue weighted by Gasteiger charge is -2.34. The number of aromatic amines is 1. The molecule has 0 bridgehead atoms. The lowest BCUT2D eigenvalue weighted by Crippen LogP contribution is -2.50. The lowest BCUT2D eigenvalue weighted by atomic mass is 10.1. The number of hydrogen-bond acceptors (Lipinski definition) is 4. The maximum Gasteiger partial charge on any atom is 0.257 e. The molecule has 0 atom stereocenters. The molecule has 7 nitrogen and oxygen atoms in total. The average Bonchev–Trinajstić information content (AvgIpc) is 3.24. The summed E-state index contributed by atoms with van der Waals surface area (Å²) in [6.45, 7) is 0.925. The summed E-state index contributed by atoms with van der Waals surface area (Å²) in [4.78, 5) is 14.8. The van der Waals surface area contributed by atoms with Crippen LogP contribution in [0.4, 0.5) is 4.39 Å². The third-order valence-corrected chi connectivity index (χ3v) is 7.35. The van der Waals surface area contributed by atoms with Gasteiger partial charge in [-0.05, 0) is 42.5 Å². The molecule has 0 aliphatic carbocycles. The molecule has 0 spiro atoms. The van der Waals surface area contributed by atoms with E-state index in [1.807, 2.05) is 0 Å². The molecule has 2 aromatic carbocycles. The van der Waals surface area contributed by atoms with E-state index in [1.165, 1.54) is 22.6 Å². The highest BCUT2D eigenvalue weighted by Crippen LogP contribution is 2.25. The number of carbonyl (C=O) groups is 1. The van der Waals surface area contributed by atoms with Crippen molar-refractivity contribution in [1.29, 1.82) is 0 Å². The van der Waals surface area contributed by atoms with Crippen molar-refractivity contribution in [3.05, 3.63) is 70.6 Å². The van der Waals surface area contributed by atoms with Crippen LogP contribution in [0, 0.1) is 5.82 Å². The van der Waals surface area contributed by atoms with Gasteiger partial charge in [-0.25, -0.2) is 12.8 Å². The number of piperazine rings is 1. The predicted octanol–water partition coefficient (Wildman–Crippen LogP) is 3.13. The minimum Gasteiger partial charge on any atom is -0.336 e. The molecule has 1 N–H and O–H groups in total. The molecule has 1 aliphatic rings. The van der Waals surface area contributed by atoms with Gasteiger partial charge in [0.05, 0.1) is 22.3 Å². The average molecular weight is 493 g/mol. The van der Waals surface area contributed by atoms with Gasteiger partial charge in [-0.3, -0.25) is 9.89 Å². The largest absolute Gasteiger partial charge is 0.336 e. The molecule has 0 unspecified atom stereocenters. The third kappa shape index (κ3) is 4.03. The minimum absolute atomic E-state index is 0.199. The predicted molar refractivity (Wildman–Crippen MR) is 113 cm³/mol. The second-order valence-corrected chi connectivity index (χ2v) is 9.67. The fourth-order valence-corrected chi connectivity index (χ4v) is 5.38. The van der Waals surface area contributed by atoms with Crippen molar-refractivity contribution in [2.75, 3.05) is 26.2 Å².